The Balaban J connectivity index is 1.88. The summed E-state index contributed by atoms with van der Waals surface area (Å²) < 4.78 is 0. The normalized spacial score (nSPS) is 24.4. The maximum Gasteiger partial charge on any atom is 0.311 e. The van der Waals surface area contributed by atoms with Crippen LogP contribution in [0.2, 0.25) is 0 Å². The van der Waals surface area contributed by atoms with E-state index >= 15 is 0 Å². The van der Waals surface area contributed by atoms with E-state index in [0.29, 0.717) is 18.9 Å². The highest BCUT2D eigenvalue weighted by atomic mass is 16.6. The second kappa shape index (κ2) is 7.97. The zero-order valence-electron chi connectivity index (χ0n) is 14.4. The number of aliphatic hydroxyl groups excluding tert-OH is 2. The molecule has 0 aromatic carbocycles. The van der Waals surface area contributed by atoms with Gasteiger partial charge in [0, 0.05) is 45.5 Å². The van der Waals surface area contributed by atoms with Gasteiger partial charge < -0.3 is 20.0 Å². The Morgan fingerprint density at radius 1 is 1.08 bits per heavy atom. The van der Waals surface area contributed by atoms with Gasteiger partial charge in [0.25, 0.3) is 0 Å². The van der Waals surface area contributed by atoms with E-state index in [9.17, 15) is 20.3 Å². The number of piperidine rings is 2. The van der Waals surface area contributed by atoms with Crippen LogP contribution in [0.25, 0.3) is 0 Å². The molecule has 8 nitrogen and oxygen atoms in total. The van der Waals surface area contributed by atoms with Crippen LogP contribution in [0.1, 0.15) is 25.7 Å². The van der Waals surface area contributed by atoms with Crippen LogP contribution in [0, 0.1) is 22.0 Å². The number of pyridine rings is 1. The number of hydrogen-bond donors (Lipinski definition) is 2. The lowest BCUT2D eigenvalue weighted by molar-refractivity contribution is -0.384. The molecule has 2 fully saturated rings. The number of nitro groups is 1. The van der Waals surface area contributed by atoms with Crippen molar-refractivity contribution in [1.29, 1.82) is 0 Å². The molecule has 2 aliphatic heterocycles. The predicted octanol–water partition coefficient (Wildman–Crippen LogP) is 1.41. The molecule has 2 saturated heterocycles. The molecule has 138 valence electrons. The lowest BCUT2D eigenvalue weighted by atomic mass is 9.98. The quantitative estimate of drug-likeness (QED) is 0.611. The molecule has 0 aliphatic carbocycles. The highest BCUT2D eigenvalue weighted by molar-refractivity contribution is 5.62. The number of hydrogen-bond acceptors (Lipinski definition) is 7. The number of nitrogens with zero attached hydrogens (tertiary/aromatic N) is 4. The van der Waals surface area contributed by atoms with Crippen molar-refractivity contribution >= 4 is 17.3 Å². The predicted molar refractivity (Wildman–Crippen MR) is 94.9 cm³/mol. The largest absolute Gasteiger partial charge is 0.396 e. The summed E-state index contributed by atoms with van der Waals surface area (Å²) in [4.78, 5) is 19.7. The van der Waals surface area contributed by atoms with Gasteiger partial charge >= 0.3 is 5.69 Å². The fraction of sp³-hybridized carbons (Fsp3) is 0.706. The Morgan fingerprint density at radius 2 is 1.68 bits per heavy atom. The van der Waals surface area contributed by atoms with Crippen molar-refractivity contribution in [1.82, 2.24) is 4.98 Å². The summed E-state index contributed by atoms with van der Waals surface area (Å²) in [6.07, 6.45) is 3.81. The lowest BCUT2D eigenvalue weighted by Crippen LogP contribution is -2.39. The molecule has 0 unspecified atom stereocenters. The Kier molecular flexibility index (Phi) is 5.70. The second-order valence-electron chi connectivity index (χ2n) is 7.04. The fourth-order valence-corrected chi connectivity index (χ4v) is 3.81. The summed E-state index contributed by atoms with van der Waals surface area (Å²) in [5.74, 6) is 1.48. The number of aromatic nitrogens is 1. The highest BCUT2D eigenvalue weighted by Gasteiger charge is 2.28. The molecule has 0 bridgehead atoms. The maximum atomic E-state index is 11.4. The van der Waals surface area contributed by atoms with E-state index in [4.69, 9.17) is 0 Å². The fourth-order valence-electron chi connectivity index (χ4n) is 3.81. The molecule has 2 N–H and O–H groups in total. The van der Waals surface area contributed by atoms with Crippen molar-refractivity contribution < 1.29 is 15.1 Å². The van der Waals surface area contributed by atoms with Crippen molar-refractivity contribution in [2.75, 3.05) is 49.2 Å². The van der Waals surface area contributed by atoms with E-state index in [1.807, 2.05) is 4.90 Å². The van der Waals surface area contributed by atoms with E-state index in [1.165, 1.54) is 6.07 Å². The van der Waals surface area contributed by atoms with Crippen LogP contribution in [0.15, 0.2) is 12.1 Å². The van der Waals surface area contributed by atoms with Crippen molar-refractivity contribution in [3.05, 3.63) is 22.2 Å². The first-order valence-electron chi connectivity index (χ1n) is 8.99. The van der Waals surface area contributed by atoms with Gasteiger partial charge in [0.1, 0.15) is 5.82 Å². The number of anilines is 2. The SMILES string of the molecule is O=[N+]([O-])c1ccc(N2CCC[C@H](CO)C2)nc1N1CCC[C@H](CO)C1. The van der Waals surface area contributed by atoms with Gasteiger partial charge in [-0.1, -0.05) is 0 Å². The summed E-state index contributed by atoms with van der Waals surface area (Å²) in [6, 6.07) is 3.23. The van der Waals surface area contributed by atoms with Gasteiger partial charge in [-0.25, -0.2) is 4.98 Å². The molecule has 0 saturated carbocycles. The first-order chi connectivity index (χ1) is 12.1. The van der Waals surface area contributed by atoms with E-state index < -0.39 is 0 Å². The molecule has 0 spiro atoms. The van der Waals surface area contributed by atoms with E-state index in [1.54, 1.807) is 6.07 Å². The minimum Gasteiger partial charge on any atom is -0.396 e. The summed E-state index contributed by atoms with van der Waals surface area (Å²) in [7, 11) is 0. The summed E-state index contributed by atoms with van der Waals surface area (Å²) in [6.45, 7) is 3.12. The molecule has 25 heavy (non-hydrogen) atoms. The van der Waals surface area contributed by atoms with Crippen LogP contribution in [0.4, 0.5) is 17.3 Å². The number of rotatable bonds is 5. The minimum atomic E-state index is -0.387. The third kappa shape index (κ3) is 4.01. The van der Waals surface area contributed by atoms with Crippen LogP contribution < -0.4 is 9.80 Å². The first-order valence-corrected chi connectivity index (χ1v) is 8.99. The van der Waals surface area contributed by atoms with E-state index in [-0.39, 0.29) is 35.7 Å². The molecule has 2 aliphatic rings. The minimum absolute atomic E-state index is 0.0121. The molecular weight excluding hydrogens is 324 g/mol. The summed E-state index contributed by atoms with van der Waals surface area (Å²) in [5.41, 5.74) is 0.0121. The second-order valence-corrected chi connectivity index (χ2v) is 7.04. The summed E-state index contributed by atoms with van der Waals surface area (Å²) >= 11 is 0. The molecule has 1 aromatic rings. The van der Waals surface area contributed by atoms with Gasteiger partial charge in [-0.2, -0.15) is 0 Å². The lowest BCUT2D eigenvalue weighted by Gasteiger charge is -2.35. The highest BCUT2D eigenvalue weighted by Crippen LogP contribution is 2.33. The van der Waals surface area contributed by atoms with Crippen LogP contribution in [-0.2, 0) is 0 Å². The van der Waals surface area contributed by atoms with Gasteiger partial charge in [0.15, 0.2) is 0 Å². The molecule has 8 heteroatoms. The molecule has 3 rings (SSSR count). The van der Waals surface area contributed by atoms with Gasteiger partial charge in [-0.3, -0.25) is 10.1 Å². The molecule has 1 aromatic heterocycles. The summed E-state index contributed by atoms with van der Waals surface area (Å²) in [5, 5.41) is 30.3. The van der Waals surface area contributed by atoms with Crippen molar-refractivity contribution in [3.63, 3.8) is 0 Å². The molecular formula is C17H26N4O4. The Morgan fingerprint density at radius 3 is 2.28 bits per heavy atom. The Hall–Kier alpha value is -1.93. The topological polar surface area (TPSA) is 103 Å². The molecule has 0 amide bonds. The monoisotopic (exact) mass is 350 g/mol. The van der Waals surface area contributed by atoms with Crippen LogP contribution in [-0.4, -0.2) is 59.5 Å². The molecule has 2 atom stereocenters. The van der Waals surface area contributed by atoms with Crippen LogP contribution >= 0.6 is 0 Å². The van der Waals surface area contributed by atoms with Gasteiger partial charge in [0.05, 0.1) is 4.92 Å². The Labute approximate surface area is 147 Å². The van der Waals surface area contributed by atoms with Gasteiger partial charge in [0.2, 0.25) is 5.82 Å². The standard InChI is InChI=1S/C17H26N4O4/c22-11-13-3-1-7-19(9-13)16-6-5-15(21(24)25)17(18-16)20-8-2-4-14(10-20)12-23/h5-6,13-14,22-23H,1-4,7-12H2/t13-,14-/m0/s1. The van der Waals surface area contributed by atoms with E-state index in [0.717, 1.165) is 44.6 Å². The first kappa shape index (κ1) is 17.9. The molecule has 0 radical (unpaired) electrons. The zero-order chi connectivity index (χ0) is 17.8. The van der Waals surface area contributed by atoms with Crippen molar-refractivity contribution in [2.45, 2.75) is 25.7 Å². The number of aliphatic hydroxyl groups is 2. The van der Waals surface area contributed by atoms with Crippen LogP contribution in [0.5, 0.6) is 0 Å². The van der Waals surface area contributed by atoms with Gasteiger partial charge in [-0.15, -0.1) is 0 Å². The smallest absolute Gasteiger partial charge is 0.311 e. The van der Waals surface area contributed by atoms with E-state index in [2.05, 4.69) is 9.88 Å². The van der Waals surface area contributed by atoms with Crippen molar-refractivity contribution in [2.24, 2.45) is 11.8 Å². The maximum absolute atomic E-state index is 11.4. The third-order valence-corrected chi connectivity index (χ3v) is 5.21. The zero-order valence-corrected chi connectivity index (χ0v) is 14.4. The van der Waals surface area contributed by atoms with Crippen molar-refractivity contribution in [3.8, 4) is 0 Å². The van der Waals surface area contributed by atoms with Crippen LogP contribution in [0.3, 0.4) is 0 Å². The Bertz CT molecular complexity index is 612. The van der Waals surface area contributed by atoms with Gasteiger partial charge in [-0.05, 0) is 43.6 Å². The molecule has 3 heterocycles. The third-order valence-electron chi connectivity index (χ3n) is 5.21. The average Bonchev–Trinajstić information content (AvgIpc) is 2.67. The average molecular weight is 350 g/mol.